The van der Waals surface area contributed by atoms with Crippen molar-refractivity contribution in [2.45, 2.75) is 24.8 Å². The van der Waals surface area contributed by atoms with Crippen LogP contribution in [0.2, 0.25) is 0 Å². The quantitative estimate of drug-likeness (QED) is 0.583. The number of carboxylic acid groups (broad SMARTS) is 1. The molecule has 2 N–H and O–H groups in total. The number of carbonyl (C=O) groups excluding carboxylic acids is 2. The van der Waals surface area contributed by atoms with Crippen LogP contribution in [0.1, 0.15) is 29.9 Å². The molecule has 0 radical (unpaired) electrons. The van der Waals surface area contributed by atoms with Crippen molar-refractivity contribution in [3.63, 3.8) is 0 Å². The summed E-state index contributed by atoms with van der Waals surface area (Å²) < 4.78 is 10.8. The van der Waals surface area contributed by atoms with Crippen LogP contribution in [-0.2, 0) is 19.1 Å². The Morgan fingerprint density at radius 3 is 2.25 bits per heavy atom. The van der Waals surface area contributed by atoms with Crippen LogP contribution in [0.15, 0.2) is 48.5 Å². The minimum atomic E-state index is -0.974. The van der Waals surface area contributed by atoms with Gasteiger partial charge in [0.15, 0.2) is 0 Å². The fourth-order valence-electron chi connectivity index (χ4n) is 4.22. The number of carboxylic acids is 1. The lowest BCUT2D eigenvalue weighted by Crippen LogP contribution is -2.55. The molecule has 0 spiro atoms. The Labute approximate surface area is 186 Å². The van der Waals surface area contributed by atoms with Gasteiger partial charge < -0.3 is 24.8 Å². The van der Waals surface area contributed by atoms with Crippen molar-refractivity contribution >= 4 is 18.0 Å². The molecule has 2 aromatic carbocycles. The van der Waals surface area contributed by atoms with Gasteiger partial charge in [0.25, 0.3) is 0 Å². The van der Waals surface area contributed by atoms with Crippen LogP contribution >= 0.6 is 0 Å². The summed E-state index contributed by atoms with van der Waals surface area (Å²) in [7, 11) is 0. The molecule has 1 unspecified atom stereocenters. The van der Waals surface area contributed by atoms with E-state index in [0.29, 0.717) is 13.0 Å². The van der Waals surface area contributed by atoms with Crippen molar-refractivity contribution in [3.8, 4) is 11.1 Å². The van der Waals surface area contributed by atoms with Gasteiger partial charge in [-0.2, -0.15) is 0 Å². The van der Waals surface area contributed by atoms with Crippen LogP contribution in [0.5, 0.6) is 0 Å². The highest BCUT2D eigenvalue weighted by molar-refractivity contribution is 5.85. The van der Waals surface area contributed by atoms with Crippen molar-refractivity contribution in [3.05, 3.63) is 59.7 Å². The average Bonchev–Trinajstić information content (AvgIpc) is 3.07. The monoisotopic (exact) mass is 438 g/mol. The van der Waals surface area contributed by atoms with E-state index in [-0.39, 0.29) is 44.6 Å². The first kappa shape index (κ1) is 21.8. The summed E-state index contributed by atoms with van der Waals surface area (Å²) in [5.41, 5.74) is 4.66. The second-order valence-electron chi connectivity index (χ2n) is 7.84. The second-order valence-corrected chi connectivity index (χ2v) is 7.84. The van der Waals surface area contributed by atoms with Gasteiger partial charge in [-0.05, 0) is 28.7 Å². The number of likely N-dealkylation sites (tertiary alicyclic amines) is 1. The average molecular weight is 438 g/mol. The van der Waals surface area contributed by atoms with Gasteiger partial charge in [0.1, 0.15) is 12.6 Å². The number of nitrogens with one attached hydrogen (secondary N) is 1. The molecule has 8 nitrogen and oxygen atoms in total. The van der Waals surface area contributed by atoms with Gasteiger partial charge in [0.2, 0.25) is 5.91 Å². The molecule has 168 valence electrons. The third kappa shape index (κ3) is 4.60. The van der Waals surface area contributed by atoms with E-state index in [0.717, 1.165) is 11.1 Å². The highest BCUT2D eigenvalue weighted by atomic mass is 16.5. The Morgan fingerprint density at radius 2 is 1.66 bits per heavy atom. The third-order valence-corrected chi connectivity index (χ3v) is 5.94. The normalized spacial score (nSPS) is 16.6. The standard InChI is InChI=1S/C24H26N2O6/c27-22(26-12-9-21(26)23(28)29)10-13-31-14-11-25-24(30)32-15-20-18-7-3-1-5-16(18)17-6-2-4-8-19(17)20/h1-8,20-21H,9-15H2,(H,25,30)(H,28,29). The van der Waals surface area contributed by atoms with Gasteiger partial charge in [0, 0.05) is 19.0 Å². The summed E-state index contributed by atoms with van der Waals surface area (Å²) in [4.78, 5) is 36.4. The van der Waals surface area contributed by atoms with Gasteiger partial charge in [-0.25, -0.2) is 9.59 Å². The molecule has 1 saturated heterocycles. The number of aliphatic carboxylic acids is 1. The molecule has 8 heteroatoms. The predicted octanol–water partition coefficient (Wildman–Crippen LogP) is 2.62. The van der Waals surface area contributed by atoms with E-state index in [4.69, 9.17) is 14.6 Å². The lowest BCUT2D eigenvalue weighted by Gasteiger charge is -2.37. The zero-order valence-corrected chi connectivity index (χ0v) is 17.7. The summed E-state index contributed by atoms with van der Waals surface area (Å²) in [6, 6.07) is 15.6. The SMILES string of the molecule is O=C(NCCOCCC(=O)N1CCC1C(=O)O)OCC1c2ccccc2-c2ccccc21. The van der Waals surface area contributed by atoms with Crippen molar-refractivity contribution in [1.29, 1.82) is 0 Å². The summed E-state index contributed by atoms with van der Waals surface area (Å²) >= 11 is 0. The minimum Gasteiger partial charge on any atom is -0.480 e. The maximum absolute atomic E-state index is 12.1. The fourth-order valence-corrected chi connectivity index (χ4v) is 4.22. The van der Waals surface area contributed by atoms with Crippen LogP contribution in [0.3, 0.4) is 0 Å². The summed E-state index contributed by atoms with van der Waals surface area (Å²) in [5.74, 6) is -1.20. The molecule has 1 atom stereocenters. The van der Waals surface area contributed by atoms with Crippen molar-refractivity contribution in [1.82, 2.24) is 10.2 Å². The number of amides is 2. The van der Waals surface area contributed by atoms with E-state index >= 15 is 0 Å². The van der Waals surface area contributed by atoms with Crippen molar-refractivity contribution < 1.29 is 29.0 Å². The highest BCUT2D eigenvalue weighted by Crippen LogP contribution is 2.44. The second kappa shape index (κ2) is 9.82. The molecule has 1 fully saturated rings. The molecule has 0 bridgehead atoms. The largest absolute Gasteiger partial charge is 0.480 e. The molecule has 0 aromatic heterocycles. The molecular weight excluding hydrogens is 412 g/mol. The molecule has 1 aliphatic heterocycles. The topological polar surface area (TPSA) is 105 Å². The maximum Gasteiger partial charge on any atom is 0.407 e. The van der Waals surface area contributed by atoms with Crippen LogP contribution in [0.4, 0.5) is 4.79 Å². The van der Waals surface area contributed by atoms with Gasteiger partial charge >= 0.3 is 12.1 Å². The highest BCUT2D eigenvalue weighted by Gasteiger charge is 2.37. The summed E-state index contributed by atoms with van der Waals surface area (Å²) in [6.07, 6.45) is 0.0946. The molecule has 1 heterocycles. The van der Waals surface area contributed by atoms with Crippen molar-refractivity contribution in [2.75, 3.05) is 32.9 Å². The molecule has 0 saturated carbocycles. The molecule has 2 aliphatic rings. The predicted molar refractivity (Wildman–Crippen MR) is 116 cm³/mol. The number of hydrogen-bond donors (Lipinski definition) is 2. The van der Waals surface area contributed by atoms with Gasteiger partial charge in [-0.1, -0.05) is 48.5 Å². The molecule has 4 rings (SSSR count). The Bertz CT molecular complexity index is 962. The van der Waals surface area contributed by atoms with E-state index in [1.54, 1.807) is 0 Å². The maximum atomic E-state index is 12.1. The first-order valence-electron chi connectivity index (χ1n) is 10.7. The van der Waals surface area contributed by atoms with E-state index in [9.17, 15) is 14.4 Å². The Morgan fingerprint density at radius 1 is 1.00 bits per heavy atom. The number of nitrogens with zero attached hydrogens (tertiary/aromatic N) is 1. The lowest BCUT2D eigenvalue weighted by molar-refractivity contribution is -0.157. The lowest BCUT2D eigenvalue weighted by atomic mass is 9.98. The Kier molecular flexibility index (Phi) is 6.70. The first-order valence-corrected chi connectivity index (χ1v) is 10.7. The first-order chi connectivity index (χ1) is 15.6. The molecule has 1 aliphatic carbocycles. The van der Waals surface area contributed by atoms with Crippen molar-refractivity contribution in [2.24, 2.45) is 0 Å². The van der Waals surface area contributed by atoms with Crippen LogP contribution < -0.4 is 5.32 Å². The molecule has 2 aromatic rings. The molecular formula is C24H26N2O6. The number of fused-ring (bicyclic) bond motifs is 3. The number of hydrogen-bond acceptors (Lipinski definition) is 5. The number of rotatable bonds is 9. The van der Waals surface area contributed by atoms with Crippen LogP contribution in [0, 0.1) is 0 Å². The summed E-state index contributed by atoms with van der Waals surface area (Å²) in [6.45, 7) is 1.38. The van der Waals surface area contributed by atoms with Gasteiger partial charge in [0.05, 0.1) is 19.6 Å². The molecule has 2 amide bonds. The van der Waals surface area contributed by atoms with E-state index < -0.39 is 18.1 Å². The Balaban J connectivity index is 1.15. The minimum absolute atomic E-state index is 0.00606. The van der Waals surface area contributed by atoms with Gasteiger partial charge in [-0.15, -0.1) is 0 Å². The van der Waals surface area contributed by atoms with E-state index in [1.807, 2.05) is 24.3 Å². The number of benzene rings is 2. The number of ether oxygens (including phenoxy) is 2. The van der Waals surface area contributed by atoms with Crippen LogP contribution in [0.25, 0.3) is 11.1 Å². The number of carbonyl (C=O) groups is 3. The fraction of sp³-hybridized carbons (Fsp3) is 0.375. The summed E-state index contributed by atoms with van der Waals surface area (Å²) in [5, 5.41) is 11.6. The third-order valence-electron chi connectivity index (χ3n) is 5.94. The number of alkyl carbamates (subject to hydrolysis) is 1. The Hall–Kier alpha value is -3.39. The van der Waals surface area contributed by atoms with E-state index in [2.05, 4.69) is 29.6 Å². The molecule has 32 heavy (non-hydrogen) atoms. The zero-order chi connectivity index (χ0) is 22.5. The zero-order valence-electron chi connectivity index (χ0n) is 17.7. The van der Waals surface area contributed by atoms with Gasteiger partial charge in [-0.3, -0.25) is 4.79 Å². The smallest absolute Gasteiger partial charge is 0.407 e. The van der Waals surface area contributed by atoms with Crippen LogP contribution in [-0.4, -0.2) is 66.9 Å². The van der Waals surface area contributed by atoms with E-state index in [1.165, 1.54) is 16.0 Å².